The molecule has 5 rings (SSSR count). The van der Waals surface area contributed by atoms with Crippen molar-refractivity contribution in [3.8, 4) is 11.5 Å². The topological polar surface area (TPSA) is 122 Å². The van der Waals surface area contributed by atoms with Crippen molar-refractivity contribution in [2.45, 2.75) is 33.2 Å². The molecule has 37 heavy (non-hydrogen) atoms. The van der Waals surface area contributed by atoms with Crippen LogP contribution < -0.4 is 35.9 Å². The van der Waals surface area contributed by atoms with Crippen molar-refractivity contribution >= 4 is 23.3 Å². The Bertz CT molecular complexity index is 1320. The molecule has 2 amide bonds. The number of aryl methyl sites for hydroxylation is 2. The van der Waals surface area contributed by atoms with E-state index in [1.165, 1.54) is 5.56 Å². The Morgan fingerprint density at radius 2 is 1.92 bits per heavy atom. The molecular formula is C26H31N7O4. The summed E-state index contributed by atoms with van der Waals surface area (Å²) in [5.74, 6) is 0.688. The number of rotatable bonds is 7. The van der Waals surface area contributed by atoms with Crippen molar-refractivity contribution in [3.63, 3.8) is 0 Å². The number of carbonyl (C=O) groups excluding carboxylic acids is 2. The maximum absolute atomic E-state index is 13.1. The van der Waals surface area contributed by atoms with Crippen molar-refractivity contribution in [3.05, 3.63) is 65.4 Å². The van der Waals surface area contributed by atoms with Gasteiger partial charge in [0.05, 0.1) is 24.4 Å². The summed E-state index contributed by atoms with van der Waals surface area (Å²) in [4.78, 5) is 25.8. The number of methoxy groups -OCH3 is 1. The minimum Gasteiger partial charge on any atom is -0.493 e. The van der Waals surface area contributed by atoms with Gasteiger partial charge in [-0.25, -0.2) is 10.1 Å². The molecule has 0 spiro atoms. The zero-order valence-corrected chi connectivity index (χ0v) is 21.2. The third kappa shape index (κ3) is 4.83. The lowest BCUT2D eigenvalue weighted by molar-refractivity contribution is -0.129. The molecule has 2 aliphatic rings. The molecule has 2 aliphatic heterocycles. The van der Waals surface area contributed by atoms with E-state index in [9.17, 15) is 9.59 Å². The predicted molar refractivity (Wildman–Crippen MR) is 138 cm³/mol. The van der Waals surface area contributed by atoms with E-state index in [0.29, 0.717) is 29.6 Å². The van der Waals surface area contributed by atoms with E-state index in [1.54, 1.807) is 36.1 Å². The second-order valence-corrected chi connectivity index (χ2v) is 9.18. The number of aromatic nitrogens is 2. The number of benzene rings is 2. The molecule has 0 aliphatic carbocycles. The molecule has 2 aromatic carbocycles. The molecule has 2 saturated heterocycles. The number of nitrogens with one attached hydrogen (secondary N) is 4. The van der Waals surface area contributed by atoms with Gasteiger partial charge in [0.1, 0.15) is 12.0 Å². The molecule has 0 saturated carbocycles. The second kappa shape index (κ2) is 10.1. The molecule has 3 aromatic rings. The van der Waals surface area contributed by atoms with E-state index in [2.05, 4.69) is 46.4 Å². The minimum absolute atomic E-state index is 0.0982. The number of hydrogen-bond donors (Lipinski definition) is 4. The highest BCUT2D eigenvalue weighted by Gasteiger charge is 2.45. The lowest BCUT2D eigenvalue weighted by Gasteiger charge is -2.38. The van der Waals surface area contributed by atoms with Crippen LogP contribution in [0.4, 0.5) is 11.5 Å². The molecule has 4 N–H and O–H groups in total. The molecule has 3 heterocycles. The Hall–Kier alpha value is -4.09. The summed E-state index contributed by atoms with van der Waals surface area (Å²) in [7, 11) is 1.54. The first kappa shape index (κ1) is 24.6. The van der Waals surface area contributed by atoms with Crippen LogP contribution in [-0.2, 0) is 9.59 Å². The van der Waals surface area contributed by atoms with E-state index < -0.39 is 6.29 Å². The Labute approximate surface area is 215 Å². The summed E-state index contributed by atoms with van der Waals surface area (Å²) in [6, 6.07) is 15.0. The highest BCUT2D eigenvalue weighted by molar-refractivity contribution is 5.91. The third-order valence-corrected chi connectivity index (χ3v) is 6.72. The molecule has 0 bridgehead atoms. The fraction of sp³-hybridized carbons (Fsp3) is 0.346. The lowest BCUT2D eigenvalue weighted by atomic mass is 10.0. The summed E-state index contributed by atoms with van der Waals surface area (Å²) < 4.78 is 12.5. The normalized spacial score (nSPS) is 20.8. The standard InChI is InChI=1S/C26H31N7O4/c1-15-8-7-9-19(17(15)3)32-24-18(13-27-32)25(35)30-26(29-24)33-22(12-16(2)31-33)28-23(34)14-37-21-11-6-5-10-20(21)36-4/h5-12,18,24,26-27,29H,13-14H2,1-4H3,(H,28,34)(H,30,35). The number of anilines is 2. The molecule has 11 heteroatoms. The van der Waals surface area contributed by atoms with Crippen LogP contribution >= 0.6 is 0 Å². The van der Waals surface area contributed by atoms with Gasteiger partial charge in [0.2, 0.25) is 5.91 Å². The lowest BCUT2D eigenvalue weighted by Crippen LogP contribution is -2.62. The molecule has 11 nitrogen and oxygen atoms in total. The Morgan fingerprint density at radius 1 is 1.14 bits per heavy atom. The number of ether oxygens (including phenoxy) is 2. The van der Waals surface area contributed by atoms with E-state index in [0.717, 1.165) is 11.3 Å². The first-order valence-corrected chi connectivity index (χ1v) is 12.1. The number of hydrogen-bond acceptors (Lipinski definition) is 8. The van der Waals surface area contributed by atoms with E-state index in [4.69, 9.17) is 9.47 Å². The third-order valence-electron chi connectivity index (χ3n) is 6.72. The van der Waals surface area contributed by atoms with Gasteiger partial charge >= 0.3 is 0 Å². The predicted octanol–water partition coefficient (Wildman–Crippen LogP) is 1.98. The molecule has 194 valence electrons. The number of carbonyl (C=O) groups is 2. The minimum atomic E-state index is -0.666. The molecular weight excluding hydrogens is 474 g/mol. The zero-order valence-electron chi connectivity index (χ0n) is 21.2. The second-order valence-electron chi connectivity index (χ2n) is 9.18. The van der Waals surface area contributed by atoms with Gasteiger partial charge in [-0.15, -0.1) is 0 Å². The number of hydrazine groups is 1. The SMILES string of the molecule is COc1ccccc1OCC(=O)Nc1cc(C)nn1C1NC(=O)C2CNN(c3cccc(C)c3C)C2N1. The highest BCUT2D eigenvalue weighted by atomic mass is 16.5. The first-order valence-electron chi connectivity index (χ1n) is 12.1. The Kier molecular flexibility index (Phi) is 6.72. The largest absolute Gasteiger partial charge is 0.493 e. The first-order chi connectivity index (χ1) is 17.9. The number of amides is 2. The van der Waals surface area contributed by atoms with Crippen molar-refractivity contribution < 1.29 is 19.1 Å². The summed E-state index contributed by atoms with van der Waals surface area (Å²) in [5.41, 5.74) is 7.37. The fourth-order valence-corrected chi connectivity index (χ4v) is 4.69. The van der Waals surface area contributed by atoms with Crippen LogP contribution in [0.3, 0.4) is 0 Å². The van der Waals surface area contributed by atoms with Gasteiger partial charge in [-0.1, -0.05) is 24.3 Å². The molecule has 0 radical (unpaired) electrons. The van der Waals surface area contributed by atoms with Crippen LogP contribution in [0.5, 0.6) is 11.5 Å². The summed E-state index contributed by atoms with van der Waals surface area (Å²) >= 11 is 0. The quantitative estimate of drug-likeness (QED) is 0.385. The fourth-order valence-electron chi connectivity index (χ4n) is 4.69. The molecule has 2 fully saturated rings. The van der Waals surface area contributed by atoms with Crippen LogP contribution in [-0.4, -0.2) is 48.0 Å². The average Bonchev–Trinajstić information content (AvgIpc) is 3.48. The van der Waals surface area contributed by atoms with Gasteiger partial charge in [0.25, 0.3) is 5.91 Å². The Balaban J connectivity index is 1.32. The van der Waals surface area contributed by atoms with Crippen molar-refractivity contribution in [1.82, 2.24) is 25.8 Å². The summed E-state index contributed by atoms with van der Waals surface area (Å²) in [6.07, 6.45) is -0.971. The summed E-state index contributed by atoms with van der Waals surface area (Å²) in [6.45, 7) is 6.24. The average molecular weight is 506 g/mol. The summed E-state index contributed by atoms with van der Waals surface area (Å²) in [5, 5.41) is 15.9. The van der Waals surface area contributed by atoms with Crippen LogP contribution in [0.2, 0.25) is 0 Å². The smallest absolute Gasteiger partial charge is 0.263 e. The van der Waals surface area contributed by atoms with Gasteiger partial charge in [-0.2, -0.15) is 5.10 Å². The van der Waals surface area contributed by atoms with Gasteiger partial charge < -0.3 is 20.1 Å². The highest BCUT2D eigenvalue weighted by Crippen LogP contribution is 2.31. The van der Waals surface area contributed by atoms with Crippen LogP contribution in [0.25, 0.3) is 0 Å². The van der Waals surface area contributed by atoms with E-state index in [1.807, 2.05) is 30.1 Å². The van der Waals surface area contributed by atoms with Crippen LogP contribution in [0.15, 0.2) is 48.5 Å². The van der Waals surface area contributed by atoms with E-state index >= 15 is 0 Å². The molecule has 3 atom stereocenters. The van der Waals surface area contributed by atoms with Crippen molar-refractivity contribution in [2.24, 2.45) is 5.92 Å². The number of fused-ring (bicyclic) bond motifs is 1. The van der Waals surface area contributed by atoms with Gasteiger partial charge in [0.15, 0.2) is 24.4 Å². The van der Waals surface area contributed by atoms with Crippen molar-refractivity contribution in [1.29, 1.82) is 0 Å². The van der Waals surface area contributed by atoms with Gasteiger partial charge in [-0.05, 0) is 50.1 Å². The maximum atomic E-state index is 13.1. The Morgan fingerprint density at radius 3 is 2.70 bits per heavy atom. The van der Waals surface area contributed by atoms with Crippen LogP contribution in [0.1, 0.15) is 23.1 Å². The monoisotopic (exact) mass is 505 g/mol. The van der Waals surface area contributed by atoms with Gasteiger partial charge in [0, 0.05) is 12.6 Å². The molecule has 1 aromatic heterocycles. The number of nitrogens with zero attached hydrogens (tertiary/aromatic N) is 3. The number of para-hydroxylation sites is 2. The zero-order chi connectivity index (χ0) is 26.1. The van der Waals surface area contributed by atoms with Crippen LogP contribution in [0, 0.1) is 26.7 Å². The van der Waals surface area contributed by atoms with E-state index in [-0.39, 0.29) is 30.5 Å². The maximum Gasteiger partial charge on any atom is 0.263 e. The molecule has 3 unspecified atom stereocenters. The van der Waals surface area contributed by atoms with Crippen molar-refractivity contribution in [2.75, 3.05) is 30.6 Å². The van der Waals surface area contributed by atoms with Gasteiger partial charge in [-0.3, -0.25) is 19.9 Å².